The van der Waals surface area contributed by atoms with Gasteiger partial charge in [-0.05, 0) is 49.9 Å². The van der Waals surface area contributed by atoms with E-state index in [2.05, 4.69) is 5.32 Å². The summed E-state index contributed by atoms with van der Waals surface area (Å²) in [6, 6.07) is 6.42. The number of alkyl halides is 2. The number of fused-ring (bicyclic) bond motifs is 2. The van der Waals surface area contributed by atoms with E-state index < -0.39 is 5.76 Å². The van der Waals surface area contributed by atoms with Crippen LogP contribution in [0.3, 0.4) is 0 Å². The van der Waals surface area contributed by atoms with Crippen molar-refractivity contribution < 1.29 is 18.4 Å². The van der Waals surface area contributed by atoms with Crippen LogP contribution in [0, 0.1) is 17.8 Å². The van der Waals surface area contributed by atoms with Gasteiger partial charge in [0.2, 0.25) is 5.91 Å². The monoisotopic (exact) mass is 339 g/mol. The van der Waals surface area contributed by atoms with Crippen molar-refractivity contribution in [3.05, 3.63) is 24.3 Å². The first-order chi connectivity index (χ1) is 11.0. The Morgan fingerprint density at radius 3 is 2.30 bits per heavy atom. The smallest absolute Gasteiger partial charge is 0.288 e. The highest BCUT2D eigenvalue weighted by Gasteiger charge is 2.41. The standard InChI is InChI=1S/C17H19F2NO2S/c18-17(19)23-14-6-4-13(5-7-14)20-16(22)12-8-10-2-1-3-11(9-12)15(10)21/h4-7,10-12,17H,1-3,8-9H2,(H,20,22)/t10-,11-/m1/s1. The van der Waals surface area contributed by atoms with Crippen LogP contribution < -0.4 is 5.32 Å². The molecule has 3 nitrogen and oxygen atoms in total. The normalized spacial score (nSPS) is 27.1. The maximum atomic E-state index is 12.4. The number of Topliss-reactive ketones (excluding diaryl/α,β-unsaturated/α-hetero) is 1. The minimum atomic E-state index is -2.45. The number of carbonyl (C=O) groups excluding carboxylic acids is 2. The van der Waals surface area contributed by atoms with Crippen LogP contribution in [-0.4, -0.2) is 17.4 Å². The second-order valence-corrected chi connectivity index (χ2v) is 7.35. The summed E-state index contributed by atoms with van der Waals surface area (Å²) in [5.41, 5.74) is 0.607. The molecule has 2 aliphatic carbocycles. The number of rotatable bonds is 4. The number of carbonyl (C=O) groups is 2. The number of nitrogens with one attached hydrogen (secondary N) is 1. The Morgan fingerprint density at radius 2 is 1.74 bits per heavy atom. The molecular formula is C17H19F2NO2S. The van der Waals surface area contributed by atoms with Crippen LogP contribution in [0.2, 0.25) is 0 Å². The summed E-state index contributed by atoms with van der Waals surface area (Å²) in [4.78, 5) is 25.0. The predicted molar refractivity (Wildman–Crippen MR) is 85.5 cm³/mol. The first-order valence-corrected chi connectivity index (χ1v) is 8.80. The van der Waals surface area contributed by atoms with Crippen LogP contribution in [0.25, 0.3) is 0 Å². The molecule has 0 unspecified atom stereocenters. The zero-order valence-corrected chi connectivity index (χ0v) is 13.5. The zero-order chi connectivity index (χ0) is 16.4. The lowest BCUT2D eigenvalue weighted by atomic mass is 9.67. The molecule has 0 spiro atoms. The minimum absolute atomic E-state index is 0.0445. The Morgan fingerprint density at radius 1 is 1.13 bits per heavy atom. The Bertz CT molecular complexity index is 575. The summed E-state index contributed by atoms with van der Waals surface area (Å²) in [5.74, 6) is -2.21. The highest BCUT2D eigenvalue weighted by atomic mass is 32.2. The molecule has 2 atom stereocenters. The quantitative estimate of drug-likeness (QED) is 0.830. The maximum absolute atomic E-state index is 12.4. The summed E-state index contributed by atoms with van der Waals surface area (Å²) in [5, 5.41) is 2.85. The van der Waals surface area contributed by atoms with E-state index in [-0.39, 0.29) is 23.7 Å². The molecule has 1 N–H and O–H groups in total. The molecule has 124 valence electrons. The third-order valence-electron chi connectivity index (χ3n) is 4.77. The highest BCUT2D eigenvalue weighted by Crippen LogP contribution is 2.40. The molecule has 0 radical (unpaired) electrons. The van der Waals surface area contributed by atoms with Crippen molar-refractivity contribution in [2.24, 2.45) is 17.8 Å². The lowest BCUT2D eigenvalue weighted by Gasteiger charge is -2.36. The van der Waals surface area contributed by atoms with Gasteiger partial charge in [0, 0.05) is 28.3 Å². The summed E-state index contributed by atoms with van der Waals surface area (Å²) in [6.07, 6.45) is 4.16. The van der Waals surface area contributed by atoms with Gasteiger partial charge in [0.25, 0.3) is 5.76 Å². The minimum Gasteiger partial charge on any atom is -0.326 e. The molecular weight excluding hydrogens is 320 g/mol. The molecule has 23 heavy (non-hydrogen) atoms. The van der Waals surface area contributed by atoms with E-state index in [0.717, 1.165) is 19.3 Å². The van der Waals surface area contributed by atoms with Crippen molar-refractivity contribution in [2.75, 3.05) is 5.32 Å². The van der Waals surface area contributed by atoms with Gasteiger partial charge in [0.1, 0.15) is 5.78 Å². The number of anilines is 1. The summed E-state index contributed by atoms with van der Waals surface area (Å²) >= 11 is 0.482. The SMILES string of the molecule is O=C(Nc1ccc(SC(F)F)cc1)C1C[C@H]2CCC[C@H](C1)C2=O. The van der Waals surface area contributed by atoms with E-state index in [9.17, 15) is 18.4 Å². The van der Waals surface area contributed by atoms with Gasteiger partial charge in [0.05, 0.1) is 0 Å². The number of amides is 1. The number of hydrogen-bond acceptors (Lipinski definition) is 3. The van der Waals surface area contributed by atoms with Crippen molar-refractivity contribution in [3.63, 3.8) is 0 Å². The Kier molecular flexibility index (Phi) is 4.99. The largest absolute Gasteiger partial charge is 0.326 e. The van der Waals surface area contributed by atoms with E-state index in [0.29, 0.717) is 41.0 Å². The third kappa shape index (κ3) is 3.91. The molecule has 0 heterocycles. The number of halogens is 2. The van der Waals surface area contributed by atoms with Crippen molar-refractivity contribution in [1.29, 1.82) is 0 Å². The fraction of sp³-hybridized carbons (Fsp3) is 0.529. The topological polar surface area (TPSA) is 46.2 Å². The van der Waals surface area contributed by atoms with E-state index in [1.807, 2.05) is 0 Å². The molecule has 2 fully saturated rings. The lowest BCUT2D eigenvalue weighted by Crippen LogP contribution is -2.40. The van der Waals surface area contributed by atoms with Crippen LogP contribution in [0.15, 0.2) is 29.2 Å². The van der Waals surface area contributed by atoms with Crippen LogP contribution in [0.1, 0.15) is 32.1 Å². The van der Waals surface area contributed by atoms with Gasteiger partial charge < -0.3 is 5.32 Å². The Hall–Kier alpha value is -1.43. The van der Waals surface area contributed by atoms with E-state index in [1.54, 1.807) is 24.3 Å². The molecule has 1 amide bonds. The van der Waals surface area contributed by atoms with Crippen molar-refractivity contribution in [1.82, 2.24) is 0 Å². The molecule has 0 aliphatic heterocycles. The van der Waals surface area contributed by atoms with Crippen LogP contribution in [-0.2, 0) is 9.59 Å². The van der Waals surface area contributed by atoms with Crippen molar-refractivity contribution in [2.45, 2.75) is 42.8 Å². The Labute approximate surface area is 138 Å². The summed E-state index contributed by atoms with van der Waals surface area (Å²) in [7, 11) is 0. The van der Waals surface area contributed by atoms with Gasteiger partial charge in [-0.2, -0.15) is 8.78 Å². The van der Waals surface area contributed by atoms with Crippen LogP contribution in [0.4, 0.5) is 14.5 Å². The second-order valence-electron chi connectivity index (χ2n) is 6.29. The van der Waals surface area contributed by atoms with E-state index >= 15 is 0 Å². The van der Waals surface area contributed by atoms with Gasteiger partial charge in [-0.1, -0.05) is 18.2 Å². The number of ketones is 1. The molecule has 3 rings (SSSR count). The summed E-state index contributed by atoms with van der Waals surface area (Å²) in [6.45, 7) is 0. The molecule has 0 saturated heterocycles. The van der Waals surface area contributed by atoms with E-state index in [4.69, 9.17) is 0 Å². The molecule has 2 saturated carbocycles. The fourth-order valence-corrected chi connectivity index (χ4v) is 4.16. The first-order valence-electron chi connectivity index (χ1n) is 7.92. The number of benzene rings is 1. The van der Waals surface area contributed by atoms with Gasteiger partial charge in [-0.15, -0.1) is 0 Å². The molecule has 6 heteroatoms. The Balaban J connectivity index is 1.60. The molecule has 2 aliphatic rings. The molecule has 1 aromatic rings. The zero-order valence-electron chi connectivity index (χ0n) is 12.6. The number of thioether (sulfide) groups is 1. The summed E-state index contributed by atoms with van der Waals surface area (Å²) < 4.78 is 24.6. The molecule has 1 aromatic carbocycles. The fourth-order valence-electron chi connectivity index (χ4n) is 3.66. The molecule has 2 bridgehead atoms. The number of hydrogen-bond donors (Lipinski definition) is 1. The van der Waals surface area contributed by atoms with Crippen LogP contribution in [0.5, 0.6) is 0 Å². The lowest BCUT2D eigenvalue weighted by molar-refractivity contribution is -0.136. The average molecular weight is 339 g/mol. The van der Waals surface area contributed by atoms with E-state index in [1.165, 1.54) is 0 Å². The first kappa shape index (κ1) is 16.4. The maximum Gasteiger partial charge on any atom is 0.288 e. The van der Waals surface area contributed by atoms with Gasteiger partial charge in [0.15, 0.2) is 0 Å². The van der Waals surface area contributed by atoms with Gasteiger partial charge in [-0.25, -0.2) is 0 Å². The van der Waals surface area contributed by atoms with Crippen LogP contribution >= 0.6 is 11.8 Å². The van der Waals surface area contributed by atoms with Crippen molar-refractivity contribution >= 4 is 29.1 Å². The van der Waals surface area contributed by atoms with Gasteiger partial charge >= 0.3 is 0 Å². The predicted octanol–water partition coefficient (Wildman–Crippen LogP) is 4.34. The average Bonchev–Trinajstić information content (AvgIpc) is 2.48. The third-order valence-corrected chi connectivity index (χ3v) is 5.49. The van der Waals surface area contributed by atoms with Gasteiger partial charge in [-0.3, -0.25) is 9.59 Å². The second kappa shape index (κ2) is 6.99. The molecule has 0 aromatic heterocycles. The van der Waals surface area contributed by atoms with Crippen molar-refractivity contribution in [3.8, 4) is 0 Å². The highest BCUT2D eigenvalue weighted by molar-refractivity contribution is 7.99.